The van der Waals surface area contributed by atoms with Gasteiger partial charge in [0, 0.05) is 6.04 Å². The van der Waals surface area contributed by atoms with Gasteiger partial charge in [0.1, 0.15) is 5.15 Å². The minimum absolute atomic E-state index is 0.0902. The molecule has 2 nitrogen and oxygen atoms in total. The van der Waals surface area contributed by atoms with Crippen molar-refractivity contribution in [3.8, 4) is 0 Å². The molecular formula is C9H11ClN2. The van der Waals surface area contributed by atoms with Crippen molar-refractivity contribution in [2.45, 2.75) is 25.3 Å². The second-order valence-corrected chi connectivity index (χ2v) is 3.56. The van der Waals surface area contributed by atoms with E-state index in [1.165, 1.54) is 5.56 Å². The second-order valence-electron chi connectivity index (χ2n) is 3.18. The summed E-state index contributed by atoms with van der Waals surface area (Å²) in [5, 5.41) is 0.547. The smallest absolute Gasteiger partial charge is 0.129 e. The molecule has 0 amide bonds. The quantitative estimate of drug-likeness (QED) is 0.624. The molecule has 0 unspecified atom stereocenters. The first-order valence-electron chi connectivity index (χ1n) is 4.18. The number of nitrogens with zero attached hydrogens (tertiary/aromatic N) is 1. The van der Waals surface area contributed by atoms with Crippen LogP contribution in [0.2, 0.25) is 5.15 Å². The van der Waals surface area contributed by atoms with Crippen LogP contribution >= 0.6 is 11.6 Å². The number of fused-ring (bicyclic) bond motifs is 1. The van der Waals surface area contributed by atoms with Crippen molar-refractivity contribution in [3.05, 3.63) is 28.5 Å². The molecule has 0 spiro atoms. The molecule has 3 heteroatoms. The number of halogens is 1. The summed E-state index contributed by atoms with van der Waals surface area (Å²) in [6.07, 6.45) is 3.28. The third kappa shape index (κ3) is 1.32. The standard InChI is InChI=1S/C9H11ClN2/c10-8-5-4-6-2-1-3-7(11)9(6)12-8/h4-5,7H,1-3,11H2/t7-/m0/s1. The van der Waals surface area contributed by atoms with Crippen molar-refractivity contribution in [2.24, 2.45) is 5.73 Å². The zero-order valence-electron chi connectivity index (χ0n) is 6.76. The van der Waals surface area contributed by atoms with Crippen LogP contribution in [0.4, 0.5) is 0 Å². The molecule has 12 heavy (non-hydrogen) atoms. The molecule has 0 saturated heterocycles. The predicted molar refractivity (Wildman–Crippen MR) is 49.1 cm³/mol. The Morgan fingerprint density at radius 2 is 2.33 bits per heavy atom. The molecule has 0 radical (unpaired) electrons. The molecule has 0 bridgehead atoms. The van der Waals surface area contributed by atoms with Gasteiger partial charge in [-0.15, -0.1) is 0 Å². The van der Waals surface area contributed by atoms with E-state index in [4.69, 9.17) is 17.3 Å². The Bertz CT molecular complexity index is 299. The first-order valence-corrected chi connectivity index (χ1v) is 4.56. The normalized spacial score (nSPS) is 22.0. The molecule has 0 aliphatic heterocycles. The molecule has 1 atom stereocenters. The van der Waals surface area contributed by atoms with Gasteiger partial charge in [-0.1, -0.05) is 17.7 Å². The molecule has 0 aromatic carbocycles. The lowest BCUT2D eigenvalue weighted by Gasteiger charge is -2.20. The van der Waals surface area contributed by atoms with Gasteiger partial charge in [-0.3, -0.25) is 0 Å². The van der Waals surface area contributed by atoms with E-state index >= 15 is 0 Å². The van der Waals surface area contributed by atoms with Gasteiger partial charge < -0.3 is 5.73 Å². The summed E-state index contributed by atoms with van der Waals surface area (Å²) in [5.74, 6) is 0. The number of pyridine rings is 1. The summed E-state index contributed by atoms with van der Waals surface area (Å²) in [6.45, 7) is 0. The molecular weight excluding hydrogens is 172 g/mol. The van der Waals surface area contributed by atoms with Crippen LogP contribution in [-0.2, 0) is 6.42 Å². The molecule has 2 rings (SSSR count). The maximum absolute atomic E-state index is 5.89. The number of hydrogen-bond donors (Lipinski definition) is 1. The molecule has 1 aliphatic rings. The highest BCUT2D eigenvalue weighted by atomic mass is 35.5. The summed E-state index contributed by atoms with van der Waals surface area (Å²) in [4.78, 5) is 4.24. The molecule has 2 N–H and O–H groups in total. The van der Waals surface area contributed by atoms with Gasteiger partial charge in [-0.05, 0) is 30.9 Å². The highest BCUT2D eigenvalue weighted by Crippen LogP contribution is 2.27. The highest BCUT2D eigenvalue weighted by Gasteiger charge is 2.17. The maximum atomic E-state index is 5.89. The molecule has 1 aliphatic carbocycles. The third-order valence-corrected chi connectivity index (χ3v) is 2.50. The Kier molecular flexibility index (Phi) is 2.03. The van der Waals surface area contributed by atoms with Crippen molar-refractivity contribution < 1.29 is 0 Å². The van der Waals surface area contributed by atoms with Crippen LogP contribution in [0.15, 0.2) is 12.1 Å². The van der Waals surface area contributed by atoms with Crippen molar-refractivity contribution >= 4 is 11.6 Å². The van der Waals surface area contributed by atoms with Crippen molar-refractivity contribution in [1.82, 2.24) is 4.98 Å². The number of aromatic nitrogens is 1. The molecule has 1 aromatic heterocycles. The average Bonchev–Trinajstić information content (AvgIpc) is 2.07. The topological polar surface area (TPSA) is 38.9 Å². The Balaban J connectivity index is 2.47. The van der Waals surface area contributed by atoms with Gasteiger partial charge >= 0.3 is 0 Å². The maximum Gasteiger partial charge on any atom is 0.129 e. The summed E-state index contributed by atoms with van der Waals surface area (Å²) < 4.78 is 0. The Morgan fingerprint density at radius 3 is 3.17 bits per heavy atom. The molecule has 64 valence electrons. The van der Waals surface area contributed by atoms with Gasteiger partial charge in [0.15, 0.2) is 0 Å². The molecule has 0 saturated carbocycles. The summed E-state index contributed by atoms with van der Waals surface area (Å²) in [6, 6.07) is 3.95. The zero-order valence-corrected chi connectivity index (χ0v) is 7.51. The van der Waals surface area contributed by atoms with Gasteiger partial charge in [-0.2, -0.15) is 0 Å². The minimum atomic E-state index is 0.0902. The fourth-order valence-electron chi connectivity index (χ4n) is 1.66. The summed E-state index contributed by atoms with van der Waals surface area (Å²) >= 11 is 5.78. The van der Waals surface area contributed by atoms with Gasteiger partial charge in [0.05, 0.1) is 5.69 Å². The number of hydrogen-bond acceptors (Lipinski definition) is 2. The number of aryl methyl sites for hydroxylation is 1. The van der Waals surface area contributed by atoms with Crippen molar-refractivity contribution in [2.75, 3.05) is 0 Å². The van der Waals surface area contributed by atoms with Crippen LogP contribution in [0.1, 0.15) is 30.1 Å². The lowest BCUT2D eigenvalue weighted by Crippen LogP contribution is -2.18. The monoisotopic (exact) mass is 182 g/mol. The highest BCUT2D eigenvalue weighted by molar-refractivity contribution is 6.29. The zero-order chi connectivity index (χ0) is 8.55. The van der Waals surface area contributed by atoms with E-state index < -0.39 is 0 Å². The van der Waals surface area contributed by atoms with E-state index in [2.05, 4.69) is 4.98 Å². The first kappa shape index (κ1) is 8.02. The van der Waals surface area contributed by atoms with E-state index in [-0.39, 0.29) is 6.04 Å². The lowest BCUT2D eigenvalue weighted by atomic mass is 9.93. The van der Waals surface area contributed by atoms with Crippen LogP contribution < -0.4 is 5.73 Å². The van der Waals surface area contributed by atoms with E-state index in [1.54, 1.807) is 0 Å². The Hall–Kier alpha value is -0.600. The van der Waals surface area contributed by atoms with E-state index in [1.807, 2.05) is 12.1 Å². The van der Waals surface area contributed by atoms with Gasteiger partial charge in [0.25, 0.3) is 0 Å². The second kappa shape index (κ2) is 3.04. The summed E-state index contributed by atoms with van der Waals surface area (Å²) in [5.41, 5.74) is 8.15. The summed E-state index contributed by atoms with van der Waals surface area (Å²) in [7, 11) is 0. The Labute approximate surface area is 76.7 Å². The van der Waals surface area contributed by atoms with Crippen molar-refractivity contribution in [3.63, 3.8) is 0 Å². The third-order valence-electron chi connectivity index (χ3n) is 2.29. The van der Waals surface area contributed by atoms with Crippen LogP contribution in [-0.4, -0.2) is 4.98 Å². The van der Waals surface area contributed by atoms with Gasteiger partial charge in [-0.25, -0.2) is 4.98 Å². The predicted octanol–water partition coefficient (Wildman–Crippen LogP) is 2.07. The molecule has 1 aromatic rings. The largest absolute Gasteiger partial charge is 0.323 e. The molecule has 0 fully saturated rings. The average molecular weight is 183 g/mol. The van der Waals surface area contributed by atoms with E-state index in [0.29, 0.717) is 5.15 Å². The fourth-order valence-corrected chi connectivity index (χ4v) is 1.81. The SMILES string of the molecule is N[C@H]1CCCc2ccc(Cl)nc21. The lowest BCUT2D eigenvalue weighted by molar-refractivity contribution is 0.554. The first-order chi connectivity index (χ1) is 5.77. The van der Waals surface area contributed by atoms with Crippen LogP contribution in [0.5, 0.6) is 0 Å². The van der Waals surface area contributed by atoms with E-state index in [9.17, 15) is 0 Å². The Morgan fingerprint density at radius 1 is 1.50 bits per heavy atom. The van der Waals surface area contributed by atoms with E-state index in [0.717, 1.165) is 25.0 Å². The van der Waals surface area contributed by atoms with Crippen LogP contribution in [0, 0.1) is 0 Å². The molecule has 1 heterocycles. The number of nitrogens with two attached hydrogens (primary N) is 1. The van der Waals surface area contributed by atoms with Gasteiger partial charge in [0.2, 0.25) is 0 Å². The fraction of sp³-hybridized carbons (Fsp3) is 0.444. The minimum Gasteiger partial charge on any atom is -0.323 e. The number of rotatable bonds is 0. The van der Waals surface area contributed by atoms with Crippen molar-refractivity contribution in [1.29, 1.82) is 0 Å². The van der Waals surface area contributed by atoms with Crippen LogP contribution in [0.3, 0.4) is 0 Å². The van der Waals surface area contributed by atoms with Crippen LogP contribution in [0.25, 0.3) is 0 Å².